The van der Waals surface area contributed by atoms with Crippen molar-refractivity contribution >= 4 is 0 Å². The summed E-state index contributed by atoms with van der Waals surface area (Å²) in [5.74, 6) is 1.11. The van der Waals surface area contributed by atoms with E-state index in [0.717, 1.165) is 25.7 Å². The standard InChI is InChI=1S/C20H34O/c1-15-7-6-8-16(2)10-12-18-19(3,4)17(11-9-15)13-14-20(18,5)21/h8-9,17-18,21H,6-7,10-14H2,1-5H3/b15-9+,16-8+/t17?,18-,20+/m0/s1. The predicted molar refractivity (Wildman–Crippen MR) is 91.2 cm³/mol. The van der Waals surface area contributed by atoms with E-state index in [1.54, 1.807) is 0 Å². The third-order valence-electron chi connectivity index (χ3n) is 6.31. The van der Waals surface area contributed by atoms with Crippen molar-refractivity contribution < 1.29 is 5.11 Å². The maximum atomic E-state index is 10.9. The Kier molecular flexibility index (Phi) is 5.03. The van der Waals surface area contributed by atoms with Gasteiger partial charge in [-0.25, -0.2) is 0 Å². The fourth-order valence-electron chi connectivity index (χ4n) is 4.67. The van der Waals surface area contributed by atoms with Crippen molar-refractivity contribution in [1.29, 1.82) is 0 Å². The number of hydrogen-bond donors (Lipinski definition) is 1. The van der Waals surface area contributed by atoms with Gasteiger partial charge in [-0.3, -0.25) is 0 Å². The van der Waals surface area contributed by atoms with Crippen molar-refractivity contribution in [2.24, 2.45) is 17.3 Å². The minimum Gasteiger partial charge on any atom is -0.390 e. The topological polar surface area (TPSA) is 20.2 Å². The number of allylic oxidation sites excluding steroid dienone is 4. The molecule has 0 spiro atoms. The summed E-state index contributed by atoms with van der Waals surface area (Å²) in [6, 6.07) is 0. The van der Waals surface area contributed by atoms with E-state index < -0.39 is 5.60 Å². The molecule has 1 saturated carbocycles. The molecular weight excluding hydrogens is 256 g/mol. The van der Waals surface area contributed by atoms with Gasteiger partial charge in [-0.05, 0) is 83.0 Å². The largest absolute Gasteiger partial charge is 0.390 e. The predicted octanol–water partition coefficient (Wildman–Crippen LogP) is 5.65. The number of hydrogen-bond acceptors (Lipinski definition) is 1. The average molecular weight is 290 g/mol. The highest BCUT2D eigenvalue weighted by atomic mass is 16.3. The van der Waals surface area contributed by atoms with Gasteiger partial charge < -0.3 is 5.11 Å². The molecule has 0 aromatic heterocycles. The van der Waals surface area contributed by atoms with Gasteiger partial charge in [0.15, 0.2) is 0 Å². The van der Waals surface area contributed by atoms with E-state index in [2.05, 4.69) is 46.8 Å². The second kappa shape index (κ2) is 6.28. The molecule has 2 aliphatic carbocycles. The quantitative estimate of drug-likeness (QED) is 0.572. The molecule has 0 saturated heterocycles. The molecule has 120 valence electrons. The molecule has 1 unspecified atom stereocenters. The minimum absolute atomic E-state index is 0.220. The Balaban J connectivity index is 2.30. The summed E-state index contributed by atoms with van der Waals surface area (Å²) in [5.41, 5.74) is 2.75. The summed E-state index contributed by atoms with van der Waals surface area (Å²) >= 11 is 0. The summed E-state index contributed by atoms with van der Waals surface area (Å²) in [4.78, 5) is 0. The van der Waals surface area contributed by atoms with Crippen molar-refractivity contribution in [3.63, 3.8) is 0 Å². The molecule has 0 aromatic carbocycles. The van der Waals surface area contributed by atoms with Crippen molar-refractivity contribution in [2.75, 3.05) is 0 Å². The van der Waals surface area contributed by atoms with Gasteiger partial charge in [0.25, 0.3) is 0 Å². The van der Waals surface area contributed by atoms with Crippen LogP contribution in [0.3, 0.4) is 0 Å². The van der Waals surface area contributed by atoms with Crippen LogP contribution in [0.25, 0.3) is 0 Å². The SMILES string of the molecule is C/C1=C\CC2CC[C@@](C)(O)[C@@H](CC/C(C)=C/CC1)C2(C)C. The van der Waals surface area contributed by atoms with Gasteiger partial charge in [-0.1, -0.05) is 37.1 Å². The lowest BCUT2D eigenvalue weighted by atomic mass is 9.54. The highest BCUT2D eigenvalue weighted by Crippen LogP contribution is 2.53. The monoisotopic (exact) mass is 290 g/mol. The Labute approximate surface area is 131 Å². The zero-order chi connectivity index (χ0) is 15.7. The molecular formula is C20H34O. The first-order valence-corrected chi connectivity index (χ1v) is 8.77. The average Bonchev–Trinajstić information content (AvgIpc) is 2.35. The molecule has 21 heavy (non-hydrogen) atoms. The van der Waals surface area contributed by atoms with Crippen LogP contribution in [0.15, 0.2) is 23.3 Å². The van der Waals surface area contributed by atoms with Crippen LogP contribution in [0, 0.1) is 17.3 Å². The van der Waals surface area contributed by atoms with E-state index in [0.29, 0.717) is 11.8 Å². The highest BCUT2D eigenvalue weighted by molar-refractivity contribution is 5.09. The van der Waals surface area contributed by atoms with Crippen molar-refractivity contribution in [2.45, 2.75) is 85.2 Å². The summed E-state index contributed by atoms with van der Waals surface area (Å²) in [6.45, 7) is 11.4. The molecule has 1 fully saturated rings. The summed E-state index contributed by atoms with van der Waals surface area (Å²) < 4.78 is 0. The van der Waals surface area contributed by atoms with Crippen LogP contribution < -0.4 is 0 Å². The van der Waals surface area contributed by atoms with Crippen molar-refractivity contribution in [3.8, 4) is 0 Å². The van der Waals surface area contributed by atoms with E-state index >= 15 is 0 Å². The zero-order valence-corrected chi connectivity index (χ0v) is 14.7. The zero-order valence-electron chi connectivity index (χ0n) is 14.7. The summed E-state index contributed by atoms with van der Waals surface area (Å²) in [5, 5.41) is 10.9. The summed E-state index contributed by atoms with van der Waals surface area (Å²) in [7, 11) is 0. The van der Waals surface area contributed by atoms with Crippen molar-refractivity contribution in [1.82, 2.24) is 0 Å². The highest BCUT2D eigenvalue weighted by Gasteiger charge is 2.49. The van der Waals surface area contributed by atoms with Gasteiger partial charge in [0.2, 0.25) is 0 Å². The number of fused-ring (bicyclic) bond motifs is 2. The number of aliphatic hydroxyl groups is 1. The van der Waals surface area contributed by atoms with Gasteiger partial charge in [0.05, 0.1) is 5.60 Å². The molecule has 0 heterocycles. The van der Waals surface area contributed by atoms with E-state index in [4.69, 9.17) is 0 Å². The molecule has 1 heteroatoms. The Hall–Kier alpha value is -0.560. The van der Waals surface area contributed by atoms with E-state index in [9.17, 15) is 5.11 Å². The van der Waals surface area contributed by atoms with Crippen LogP contribution in [-0.4, -0.2) is 10.7 Å². The van der Waals surface area contributed by atoms with Crippen LogP contribution in [0.1, 0.15) is 79.6 Å². The van der Waals surface area contributed by atoms with Gasteiger partial charge in [-0.2, -0.15) is 0 Å². The maximum Gasteiger partial charge on any atom is 0.0653 e. The molecule has 0 amide bonds. The normalized spacial score (nSPS) is 42.8. The van der Waals surface area contributed by atoms with Crippen LogP contribution in [0.2, 0.25) is 0 Å². The van der Waals surface area contributed by atoms with Crippen LogP contribution in [0.5, 0.6) is 0 Å². The first-order valence-electron chi connectivity index (χ1n) is 8.77. The number of rotatable bonds is 0. The van der Waals surface area contributed by atoms with Crippen LogP contribution in [-0.2, 0) is 0 Å². The molecule has 1 N–H and O–H groups in total. The molecule has 2 rings (SSSR count). The fraction of sp³-hybridized carbons (Fsp3) is 0.800. The lowest BCUT2D eigenvalue weighted by Crippen LogP contribution is -2.51. The lowest BCUT2D eigenvalue weighted by Gasteiger charge is -2.53. The maximum absolute atomic E-state index is 10.9. The first kappa shape index (κ1) is 16.8. The smallest absolute Gasteiger partial charge is 0.0653 e. The molecule has 0 aromatic rings. The molecule has 2 bridgehead atoms. The Bertz CT molecular complexity index is 425. The van der Waals surface area contributed by atoms with Crippen molar-refractivity contribution in [3.05, 3.63) is 23.3 Å². The molecule has 0 aliphatic heterocycles. The third kappa shape index (κ3) is 3.80. The first-order chi connectivity index (χ1) is 9.73. The molecule has 2 aliphatic rings. The Morgan fingerprint density at radius 1 is 1.00 bits per heavy atom. The second-order valence-electron chi connectivity index (χ2n) is 8.38. The van der Waals surface area contributed by atoms with E-state index in [-0.39, 0.29) is 5.41 Å². The van der Waals surface area contributed by atoms with Crippen LogP contribution in [0.4, 0.5) is 0 Å². The summed E-state index contributed by atoms with van der Waals surface area (Å²) in [6.07, 6.45) is 12.8. The third-order valence-corrected chi connectivity index (χ3v) is 6.31. The lowest BCUT2D eigenvalue weighted by molar-refractivity contribution is -0.118. The Morgan fingerprint density at radius 3 is 2.38 bits per heavy atom. The van der Waals surface area contributed by atoms with Gasteiger partial charge in [0, 0.05) is 0 Å². The molecule has 0 radical (unpaired) electrons. The van der Waals surface area contributed by atoms with Gasteiger partial charge >= 0.3 is 0 Å². The van der Waals surface area contributed by atoms with Gasteiger partial charge in [0.1, 0.15) is 0 Å². The van der Waals surface area contributed by atoms with Crippen LogP contribution >= 0.6 is 0 Å². The van der Waals surface area contributed by atoms with E-state index in [1.165, 1.54) is 30.4 Å². The Morgan fingerprint density at radius 2 is 1.67 bits per heavy atom. The minimum atomic E-state index is -0.497. The molecule has 3 atom stereocenters. The molecule has 1 nitrogen and oxygen atoms in total. The second-order valence-corrected chi connectivity index (χ2v) is 8.38. The van der Waals surface area contributed by atoms with Gasteiger partial charge in [-0.15, -0.1) is 0 Å². The fourth-order valence-corrected chi connectivity index (χ4v) is 4.67. The van der Waals surface area contributed by atoms with E-state index in [1.807, 2.05) is 0 Å².